The number of hydrogen-bond acceptors (Lipinski definition) is 2. The number of carbonyl (C=O) groups excluding carboxylic acids is 1. The zero-order valence-electron chi connectivity index (χ0n) is 11.5. The molecule has 1 amide bonds. The van der Waals surface area contributed by atoms with Gasteiger partial charge >= 0.3 is 0 Å². The van der Waals surface area contributed by atoms with Crippen molar-refractivity contribution in [3.8, 4) is 0 Å². The summed E-state index contributed by atoms with van der Waals surface area (Å²) in [5.74, 6) is 0.542. The van der Waals surface area contributed by atoms with Crippen LogP contribution in [-0.2, 0) is 4.74 Å². The summed E-state index contributed by atoms with van der Waals surface area (Å²) in [5.41, 5.74) is 4.49. The highest BCUT2D eigenvalue weighted by atomic mass is 16.6. The summed E-state index contributed by atoms with van der Waals surface area (Å²) in [6.07, 6.45) is 1.71. The minimum atomic E-state index is 0.105. The quantitative estimate of drug-likeness (QED) is 0.749. The van der Waals surface area contributed by atoms with Crippen molar-refractivity contribution < 1.29 is 9.53 Å². The van der Waals surface area contributed by atoms with Gasteiger partial charge in [0.05, 0.1) is 6.10 Å². The van der Waals surface area contributed by atoms with Crippen molar-refractivity contribution in [2.75, 3.05) is 11.4 Å². The molecule has 0 bridgehead atoms. The van der Waals surface area contributed by atoms with E-state index < -0.39 is 0 Å². The molecule has 0 saturated carbocycles. The van der Waals surface area contributed by atoms with Crippen molar-refractivity contribution in [3.63, 3.8) is 0 Å². The third kappa shape index (κ3) is 1.55. The first kappa shape index (κ1) is 11.5. The second-order valence-corrected chi connectivity index (χ2v) is 6.09. The van der Waals surface area contributed by atoms with Crippen LogP contribution in [0.2, 0.25) is 0 Å². The highest BCUT2D eigenvalue weighted by Gasteiger charge is 2.51. The standard InChI is InChI=1S/C18H15NO2/c20-18(11-5-2-1-3-6-11)19-10-12-9-15-17(21-15)13-7-4-8-14(19)16(12)13/h1-8,12,15,17H,9-10H2/t12-,15-,17+/m0/s1. The molecule has 2 heterocycles. The Hall–Kier alpha value is -2.13. The van der Waals surface area contributed by atoms with Crippen LogP contribution in [0.3, 0.4) is 0 Å². The van der Waals surface area contributed by atoms with Crippen LogP contribution in [0.1, 0.15) is 39.9 Å². The first-order valence-corrected chi connectivity index (χ1v) is 7.48. The normalized spacial score (nSPS) is 28.0. The molecule has 3 nitrogen and oxygen atoms in total. The van der Waals surface area contributed by atoms with Crippen LogP contribution in [0.4, 0.5) is 5.69 Å². The first-order valence-electron chi connectivity index (χ1n) is 7.48. The molecule has 1 fully saturated rings. The maximum absolute atomic E-state index is 12.8. The summed E-state index contributed by atoms with van der Waals surface area (Å²) in [7, 11) is 0. The van der Waals surface area contributed by atoms with E-state index >= 15 is 0 Å². The Kier molecular flexibility index (Phi) is 2.17. The van der Waals surface area contributed by atoms with E-state index in [-0.39, 0.29) is 12.0 Å². The number of hydrogen-bond donors (Lipinski definition) is 0. The SMILES string of the molecule is O=C(c1ccccc1)N1C[C@@H]2C[C@@H]3O[C@@H]3c3cccc1c32. The molecule has 0 aromatic heterocycles. The number of epoxide rings is 1. The second-order valence-electron chi connectivity index (χ2n) is 6.09. The smallest absolute Gasteiger partial charge is 0.258 e. The van der Waals surface area contributed by atoms with Gasteiger partial charge in [-0.2, -0.15) is 0 Å². The van der Waals surface area contributed by atoms with Gasteiger partial charge in [-0.1, -0.05) is 30.3 Å². The van der Waals surface area contributed by atoms with E-state index in [0.29, 0.717) is 12.0 Å². The minimum Gasteiger partial charge on any atom is -0.364 e. The number of nitrogens with zero attached hydrogens (tertiary/aromatic N) is 1. The van der Waals surface area contributed by atoms with Crippen molar-refractivity contribution in [3.05, 3.63) is 65.2 Å². The van der Waals surface area contributed by atoms with Crippen molar-refractivity contribution in [1.82, 2.24) is 0 Å². The molecule has 0 radical (unpaired) electrons. The van der Waals surface area contributed by atoms with Crippen LogP contribution in [0.5, 0.6) is 0 Å². The van der Waals surface area contributed by atoms with E-state index in [4.69, 9.17) is 4.74 Å². The molecule has 2 aliphatic heterocycles. The predicted octanol–water partition coefficient (Wildman–Crippen LogP) is 3.27. The Morgan fingerprint density at radius 3 is 2.81 bits per heavy atom. The number of carbonyl (C=O) groups is 1. The van der Waals surface area contributed by atoms with Crippen molar-refractivity contribution in [1.29, 1.82) is 0 Å². The molecular weight excluding hydrogens is 262 g/mol. The van der Waals surface area contributed by atoms with Gasteiger partial charge in [0.1, 0.15) is 6.10 Å². The van der Waals surface area contributed by atoms with Crippen molar-refractivity contribution in [2.45, 2.75) is 24.5 Å². The summed E-state index contributed by atoms with van der Waals surface area (Å²) in [6.45, 7) is 0.784. The molecule has 0 unspecified atom stereocenters. The lowest BCUT2D eigenvalue weighted by molar-refractivity contribution is 0.0987. The lowest BCUT2D eigenvalue weighted by Gasteiger charge is -2.17. The molecule has 2 aromatic rings. The van der Waals surface area contributed by atoms with Crippen LogP contribution >= 0.6 is 0 Å². The number of benzene rings is 2. The van der Waals surface area contributed by atoms with Gasteiger partial charge in [-0.15, -0.1) is 0 Å². The number of fused-ring (bicyclic) bond motifs is 2. The molecule has 1 saturated heterocycles. The molecule has 5 rings (SSSR count). The molecule has 21 heavy (non-hydrogen) atoms. The van der Waals surface area contributed by atoms with Gasteiger partial charge in [0, 0.05) is 23.7 Å². The fourth-order valence-electron chi connectivity index (χ4n) is 3.91. The van der Waals surface area contributed by atoms with E-state index in [0.717, 1.165) is 24.2 Å². The topological polar surface area (TPSA) is 32.8 Å². The van der Waals surface area contributed by atoms with Crippen molar-refractivity contribution in [2.24, 2.45) is 0 Å². The molecule has 1 aliphatic carbocycles. The summed E-state index contributed by atoms with van der Waals surface area (Å²) in [4.78, 5) is 14.7. The molecule has 3 atom stereocenters. The van der Waals surface area contributed by atoms with Crippen LogP contribution in [0, 0.1) is 0 Å². The molecule has 2 aromatic carbocycles. The molecule has 0 N–H and O–H groups in total. The van der Waals surface area contributed by atoms with E-state index in [1.165, 1.54) is 11.1 Å². The third-order valence-electron chi connectivity index (χ3n) is 4.89. The van der Waals surface area contributed by atoms with Gasteiger partial charge in [0.25, 0.3) is 5.91 Å². The summed E-state index contributed by atoms with van der Waals surface area (Å²) >= 11 is 0. The largest absolute Gasteiger partial charge is 0.364 e. The van der Waals surface area contributed by atoms with Crippen LogP contribution in [0.15, 0.2) is 48.5 Å². The Labute approximate surface area is 123 Å². The maximum atomic E-state index is 12.8. The third-order valence-corrected chi connectivity index (χ3v) is 4.89. The van der Waals surface area contributed by atoms with Crippen molar-refractivity contribution >= 4 is 11.6 Å². The van der Waals surface area contributed by atoms with Gasteiger partial charge < -0.3 is 9.64 Å². The summed E-state index contributed by atoms with van der Waals surface area (Å²) in [6, 6.07) is 15.8. The lowest BCUT2D eigenvalue weighted by Crippen LogP contribution is -2.30. The average molecular weight is 277 g/mol. The zero-order valence-corrected chi connectivity index (χ0v) is 11.5. The molecule has 3 heteroatoms. The molecular formula is C18H15NO2. The fraction of sp³-hybridized carbons (Fsp3) is 0.278. The monoisotopic (exact) mass is 277 g/mol. The Balaban J connectivity index is 1.59. The Bertz CT molecular complexity index is 740. The fourth-order valence-corrected chi connectivity index (χ4v) is 3.91. The van der Waals surface area contributed by atoms with Gasteiger partial charge in [-0.05, 0) is 35.7 Å². The second kappa shape index (κ2) is 3.95. The Morgan fingerprint density at radius 2 is 1.95 bits per heavy atom. The van der Waals surface area contributed by atoms with E-state index in [1.54, 1.807) is 0 Å². The van der Waals surface area contributed by atoms with Gasteiger partial charge in [0.2, 0.25) is 0 Å². The average Bonchev–Trinajstić information content (AvgIpc) is 3.23. The van der Waals surface area contributed by atoms with E-state index in [2.05, 4.69) is 12.1 Å². The first-order chi connectivity index (χ1) is 10.3. The Morgan fingerprint density at radius 1 is 1.10 bits per heavy atom. The predicted molar refractivity (Wildman–Crippen MR) is 79.5 cm³/mol. The molecule has 0 spiro atoms. The lowest BCUT2D eigenvalue weighted by atomic mass is 9.84. The number of amides is 1. The highest BCUT2D eigenvalue weighted by molar-refractivity contribution is 6.07. The molecule has 104 valence electrons. The zero-order chi connectivity index (χ0) is 14.0. The minimum absolute atomic E-state index is 0.105. The summed E-state index contributed by atoms with van der Waals surface area (Å²) < 4.78 is 5.74. The molecule has 3 aliphatic rings. The van der Waals surface area contributed by atoms with Crippen LogP contribution in [0.25, 0.3) is 0 Å². The van der Waals surface area contributed by atoms with Crippen LogP contribution in [-0.4, -0.2) is 18.6 Å². The van der Waals surface area contributed by atoms with Gasteiger partial charge in [-0.3, -0.25) is 4.79 Å². The number of anilines is 1. The van der Waals surface area contributed by atoms with Gasteiger partial charge in [0.15, 0.2) is 0 Å². The summed E-state index contributed by atoms with van der Waals surface area (Å²) in [5, 5.41) is 0. The maximum Gasteiger partial charge on any atom is 0.258 e. The van der Waals surface area contributed by atoms with E-state index in [9.17, 15) is 4.79 Å². The van der Waals surface area contributed by atoms with Crippen LogP contribution < -0.4 is 4.90 Å². The van der Waals surface area contributed by atoms with Gasteiger partial charge in [-0.25, -0.2) is 0 Å². The van der Waals surface area contributed by atoms with E-state index in [1.807, 2.05) is 41.3 Å². The number of ether oxygens (including phenoxy) is 1. The highest BCUT2D eigenvalue weighted by Crippen LogP contribution is 2.56. The number of rotatable bonds is 1.